The number of carbonyl (C=O) groups is 2. The zero-order valence-corrected chi connectivity index (χ0v) is 18.3. The summed E-state index contributed by atoms with van der Waals surface area (Å²) in [7, 11) is 1.91. The molecule has 1 aliphatic carbocycles. The summed E-state index contributed by atoms with van der Waals surface area (Å²) in [4.78, 5) is 25.9. The van der Waals surface area contributed by atoms with Gasteiger partial charge in [-0.1, -0.05) is 39.0 Å². The summed E-state index contributed by atoms with van der Waals surface area (Å²) in [5.41, 5.74) is 6.53. The maximum atomic E-state index is 12.3. The molecule has 2 unspecified atom stereocenters. The number of primary amides is 1. The smallest absolute Gasteiger partial charge is 0.318 e. The number of aryl methyl sites for hydroxylation is 1. The average Bonchev–Trinajstić information content (AvgIpc) is 3.20. The van der Waals surface area contributed by atoms with Crippen LogP contribution in [-0.4, -0.2) is 32.0 Å². The molecule has 2 heterocycles. The Morgan fingerprint density at radius 3 is 2.82 bits per heavy atom. The number of aromatic nitrogens is 3. The molecule has 1 aliphatic rings. The summed E-state index contributed by atoms with van der Waals surface area (Å²) < 4.78 is 1.92. The number of hydrogen-bond acceptors (Lipinski definition) is 6. The lowest BCUT2D eigenvalue weighted by molar-refractivity contribution is -0.120. The van der Waals surface area contributed by atoms with Gasteiger partial charge in [0, 0.05) is 11.9 Å². The van der Waals surface area contributed by atoms with E-state index in [2.05, 4.69) is 28.5 Å². The van der Waals surface area contributed by atoms with Gasteiger partial charge in [-0.3, -0.25) is 10.1 Å². The van der Waals surface area contributed by atoms with E-state index in [1.54, 1.807) is 11.3 Å². The van der Waals surface area contributed by atoms with Crippen LogP contribution in [0, 0.1) is 11.8 Å². The molecule has 0 saturated heterocycles. The Labute approximate surface area is 173 Å². The number of urea groups is 1. The van der Waals surface area contributed by atoms with Crippen molar-refractivity contribution in [2.75, 3.05) is 0 Å². The van der Waals surface area contributed by atoms with E-state index in [-0.39, 0.29) is 5.92 Å². The summed E-state index contributed by atoms with van der Waals surface area (Å²) >= 11 is 3.10. The predicted molar refractivity (Wildman–Crippen MR) is 112 cm³/mol. The minimum Gasteiger partial charge on any atom is -0.351 e. The van der Waals surface area contributed by atoms with Crippen LogP contribution in [0.5, 0.6) is 0 Å². The van der Waals surface area contributed by atoms with Crippen molar-refractivity contribution in [3.8, 4) is 10.7 Å². The minimum absolute atomic E-state index is 0.00419. The highest BCUT2D eigenvalue weighted by molar-refractivity contribution is 8.00. The Hall–Kier alpha value is -1.87. The number of nitrogens with zero attached hydrogens (tertiary/aromatic N) is 3. The van der Waals surface area contributed by atoms with Crippen LogP contribution in [0.15, 0.2) is 11.2 Å². The molecule has 3 amide bonds. The fraction of sp³-hybridized carbons (Fsp3) is 0.579. The van der Waals surface area contributed by atoms with Crippen LogP contribution in [0.4, 0.5) is 4.79 Å². The van der Waals surface area contributed by atoms with Crippen LogP contribution < -0.4 is 11.1 Å². The zero-order chi connectivity index (χ0) is 20.4. The zero-order valence-electron chi connectivity index (χ0n) is 16.7. The van der Waals surface area contributed by atoms with Gasteiger partial charge in [0.2, 0.25) is 5.91 Å². The second-order valence-electron chi connectivity index (χ2n) is 7.58. The normalized spacial score (nSPS) is 17.4. The molecule has 2 atom stereocenters. The monoisotopic (exact) mass is 421 g/mol. The standard InChI is InChI=1S/C19H27N5O2S2/c1-5-11-6-7-13-12(8-11)9-14(27-13)16-22-23-19(24(16)4)28-15(10(2)3)17(25)21-18(20)26/h9-11,15H,5-8H2,1-4H3,(H3,20,21,25,26). The van der Waals surface area contributed by atoms with Crippen molar-refractivity contribution in [1.82, 2.24) is 20.1 Å². The molecular formula is C19H27N5O2S2. The van der Waals surface area contributed by atoms with Gasteiger partial charge in [0.25, 0.3) is 0 Å². The van der Waals surface area contributed by atoms with Crippen molar-refractivity contribution in [3.05, 3.63) is 16.5 Å². The summed E-state index contributed by atoms with van der Waals surface area (Å²) in [6.07, 6.45) is 4.76. The molecule has 0 aromatic carbocycles. The number of thiophene rings is 1. The first-order chi connectivity index (χ1) is 13.3. The van der Waals surface area contributed by atoms with Crippen LogP contribution in [0.1, 0.15) is 44.1 Å². The third-order valence-electron chi connectivity index (χ3n) is 5.16. The predicted octanol–water partition coefficient (Wildman–Crippen LogP) is 3.37. The van der Waals surface area contributed by atoms with Crippen LogP contribution in [0.3, 0.4) is 0 Å². The highest BCUT2D eigenvalue weighted by atomic mass is 32.2. The van der Waals surface area contributed by atoms with Crippen LogP contribution in [0.2, 0.25) is 0 Å². The van der Waals surface area contributed by atoms with Crippen LogP contribution in [0.25, 0.3) is 10.7 Å². The van der Waals surface area contributed by atoms with Crippen LogP contribution in [-0.2, 0) is 24.7 Å². The molecular weight excluding hydrogens is 394 g/mol. The number of rotatable bonds is 6. The molecule has 0 spiro atoms. The molecule has 0 saturated carbocycles. The number of nitrogens with one attached hydrogen (secondary N) is 1. The second kappa shape index (κ2) is 8.65. The van der Waals surface area contributed by atoms with Crippen molar-refractivity contribution in [1.29, 1.82) is 0 Å². The third-order valence-corrected chi connectivity index (χ3v) is 7.97. The van der Waals surface area contributed by atoms with Crippen molar-refractivity contribution in [3.63, 3.8) is 0 Å². The van der Waals surface area contributed by atoms with E-state index in [9.17, 15) is 9.59 Å². The number of amides is 3. The Morgan fingerprint density at radius 2 is 2.18 bits per heavy atom. The van der Waals surface area contributed by atoms with E-state index in [0.717, 1.165) is 29.5 Å². The first kappa shape index (κ1) is 20.9. The number of carbonyl (C=O) groups excluding carboxylic acids is 2. The molecule has 28 heavy (non-hydrogen) atoms. The topological polar surface area (TPSA) is 103 Å². The molecule has 2 aromatic rings. The lowest BCUT2D eigenvalue weighted by Gasteiger charge is -2.19. The highest BCUT2D eigenvalue weighted by Gasteiger charge is 2.28. The average molecular weight is 422 g/mol. The molecule has 3 N–H and O–H groups in total. The summed E-state index contributed by atoms with van der Waals surface area (Å²) in [5, 5.41) is 11.0. The molecule has 3 rings (SSSR count). The molecule has 9 heteroatoms. The maximum Gasteiger partial charge on any atom is 0.318 e. The van der Waals surface area contributed by atoms with Gasteiger partial charge >= 0.3 is 6.03 Å². The highest BCUT2D eigenvalue weighted by Crippen LogP contribution is 2.38. The van der Waals surface area contributed by atoms with Gasteiger partial charge in [-0.05, 0) is 42.7 Å². The maximum absolute atomic E-state index is 12.3. The summed E-state index contributed by atoms with van der Waals surface area (Å²) in [6, 6.07) is 1.41. The lowest BCUT2D eigenvalue weighted by Crippen LogP contribution is -2.42. The van der Waals surface area contributed by atoms with Crippen molar-refractivity contribution in [2.24, 2.45) is 24.6 Å². The van der Waals surface area contributed by atoms with Gasteiger partial charge in [0.05, 0.1) is 10.1 Å². The molecule has 2 aromatic heterocycles. The van der Waals surface area contributed by atoms with E-state index < -0.39 is 17.2 Å². The van der Waals surface area contributed by atoms with Crippen LogP contribution >= 0.6 is 23.1 Å². The number of imide groups is 1. The van der Waals surface area contributed by atoms with E-state index in [0.29, 0.717) is 5.16 Å². The van der Waals surface area contributed by atoms with Gasteiger partial charge in [-0.25, -0.2) is 4.79 Å². The van der Waals surface area contributed by atoms with Crippen molar-refractivity contribution >= 4 is 35.0 Å². The fourth-order valence-electron chi connectivity index (χ4n) is 3.49. The molecule has 152 valence electrons. The van der Waals surface area contributed by atoms with Gasteiger partial charge in [0.15, 0.2) is 11.0 Å². The number of hydrogen-bond donors (Lipinski definition) is 2. The van der Waals surface area contributed by atoms with E-state index in [1.807, 2.05) is 25.5 Å². The molecule has 0 aliphatic heterocycles. The van der Waals surface area contributed by atoms with E-state index >= 15 is 0 Å². The largest absolute Gasteiger partial charge is 0.351 e. The first-order valence-electron chi connectivity index (χ1n) is 9.58. The summed E-state index contributed by atoms with van der Waals surface area (Å²) in [6.45, 7) is 6.11. The van der Waals surface area contributed by atoms with E-state index in [1.165, 1.54) is 35.0 Å². The molecule has 0 radical (unpaired) electrons. The summed E-state index contributed by atoms with van der Waals surface area (Å²) in [5.74, 6) is 1.18. The molecule has 0 fully saturated rings. The lowest BCUT2D eigenvalue weighted by atomic mass is 9.87. The first-order valence-corrected chi connectivity index (χ1v) is 11.3. The molecule has 0 bridgehead atoms. The van der Waals surface area contributed by atoms with E-state index in [4.69, 9.17) is 5.73 Å². The Balaban J connectivity index is 1.81. The Morgan fingerprint density at radius 1 is 1.43 bits per heavy atom. The van der Waals surface area contributed by atoms with Gasteiger partial charge in [-0.15, -0.1) is 21.5 Å². The SMILES string of the molecule is CCC1CCc2sc(-c3nnc(SC(C(=O)NC(N)=O)C(C)C)n3C)cc2C1. The minimum atomic E-state index is -0.843. The number of thioether (sulfide) groups is 1. The van der Waals surface area contributed by atoms with Crippen molar-refractivity contribution < 1.29 is 9.59 Å². The van der Waals surface area contributed by atoms with Gasteiger partial charge < -0.3 is 10.3 Å². The quantitative estimate of drug-likeness (QED) is 0.696. The fourth-order valence-corrected chi connectivity index (χ4v) is 5.72. The second-order valence-corrected chi connectivity index (χ2v) is 9.82. The molecule has 7 nitrogen and oxygen atoms in total. The third kappa shape index (κ3) is 4.41. The van der Waals surface area contributed by atoms with Gasteiger partial charge in [-0.2, -0.15) is 0 Å². The Bertz CT molecular complexity index is 874. The number of fused-ring (bicyclic) bond motifs is 1. The van der Waals surface area contributed by atoms with Gasteiger partial charge in [0.1, 0.15) is 0 Å². The number of nitrogens with two attached hydrogens (primary N) is 1. The van der Waals surface area contributed by atoms with Crippen molar-refractivity contribution in [2.45, 2.75) is 56.9 Å². The Kier molecular flexibility index (Phi) is 6.44.